The van der Waals surface area contributed by atoms with Gasteiger partial charge in [-0.25, -0.2) is 9.82 Å². The first-order valence-electron chi connectivity index (χ1n) is 7.72. The quantitative estimate of drug-likeness (QED) is 0.467. The predicted molar refractivity (Wildman–Crippen MR) is 91.7 cm³/mol. The number of halogens is 4. The molecule has 142 valence electrons. The summed E-state index contributed by atoms with van der Waals surface area (Å²) >= 11 is 0. The van der Waals surface area contributed by atoms with Gasteiger partial charge in [0.1, 0.15) is 5.82 Å². The van der Waals surface area contributed by atoms with Crippen LogP contribution in [0, 0.1) is 5.82 Å². The summed E-state index contributed by atoms with van der Waals surface area (Å²) in [4.78, 5) is 23.7. The van der Waals surface area contributed by atoms with Crippen LogP contribution in [-0.4, -0.2) is 17.5 Å². The van der Waals surface area contributed by atoms with Gasteiger partial charge in [-0.1, -0.05) is 18.2 Å². The number of amides is 2. The van der Waals surface area contributed by atoms with Crippen molar-refractivity contribution in [2.24, 2.45) is 5.10 Å². The van der Waals surface area contributed by atoms with Gasteiger partial charge in [-0.3, -0.25) is 9.59 Å². The average Bonchev–Trinajstić information content (AvgIpc) is 2.59. The van der Waals surface area contributed by atoms with Crippen LogP contribution in [0.3, 0.4) is 0 Å². The highest BCUT2D eigenvalue weighted by molar-refractivity contribution is 6.06. The van der Waals surface area contributed by atoms with Gasteiger partial charge in [0.25, 0.3) is 5.91 Å². The minimum atomic E-state index is -4.52. The van der Waals surface area contributed by atoms with E-state index in [-0.39, 0.29) is 23.4 Å². The summed E-state index contributed by atoms with van der Waals surface area (Å²) in [6, 6.07) is 9.50. The van der Waals surface area contributed by atoms with Crippen molar-refractivity contribution in [3.8, 4) is 0 Å². The molecule has 0 saturated heterocycles. The maximum Gasteiger partial charge on any atom is 0.416 e. The third-order valence-electron chi connectivity index (χ3n) is 3.36. The lowest BCUT2D eigenvalue weighted by atomic mass is 10.2. The molecule has 0 fully saturated rings. The fourth-order valence-electron chi connectivity index (χ4n) is 2.10. The van der Waals surface area contributed by atoms with Gasteiger partial charge >= 0.3 is 6.18 Å². The van der Waals surface area contributed by atoms with E-state index in [0.717, 1.165) is 18.2 Å². The number of carbonyl (C=O) groups is 2. The Hall–Kier alpha value is -3.23. The molecule has 0 atom stereocenters. The summed E-state index contributed by atoms with van der Waals surface area (Å²) in [6.45, 7) is 1.44. The van der Waals surface area contributed by atoms with Crippen molar-refractivity contribution in [2.45, 2.75) is 19.5 Å². The van der Waals surface area contributed by atoms with Crippen LogP contribution in [0.2, 0.25) is 0 Å². The maximum atomic E-state index is 13.5. The lowest BCUT2D eigenvalue weighted by Gasteiger charge is -2.10. The molecule has 0 spiro atoms. The number of hydrazone groups is 1. The Balaban J connectivity index is 1.94. The summed E-state index contributed by atoms with van der Waals surface area (Å²) in [6.07, 6.45) is -4.79. The smallest absolute Gasteiger partial charge is 0.326 e. The lowest BCUT2D eigenvalue weighted by molar-refractivity contribution is -0.137. The molecule has 0 bridgehead atoms. The van der Waals surface area contributed by atoms with Crippen LogP contribution in [-0.2, 0) is 11.0 Å². The molecular weight excluding hydrogens is 366 g/mol. The first-order valence-corrected chi connectivity index (χ1v) is 7.72. The molecule has 2 amide bonds. The minimum Gasteiger partial charge on any atom is -0.326 e. The maximum absolute atomic E-state index is 13.5. The van der Waals surface area contributed by atoms with E-state index in [2.05, 4.69) is 15.8 Å². The zero-order valence-electron chi connectivity index (χ0n) is 14.1. The normalized spacial score (nSPS) is 11.8. The number of hydrogen-bond acceptors (Lipinski definition) is 3. The van der Waals surface area contributed by atoms with Gasteiger partial charge in [-0.15, -0.1) is 0 Å². The SMILES string of the molecule is C/C(CC(=O)Nc1cccc(C(F)(F)F)c1)=N/NC(=O)c1ccccc1F. The Bertz CT molecular complexity index is 879. The van der Waals surface area contributed by atoms with E-state index < -0.39 is 29.4 Å². The fraction of sp³-hybridized carbons (Fsp3) is 0.167. The second-order valence-electron chi connectivity index (χ2n) is 5.57. The van der Waals surface area contributed by atoms with E-state index in [0.29, 0.717) is 0 Å². The molecule has 2 N–H and O–H groups in total. The van der Waals surface area contributed by atoms with Gasteiger partial charge in [0.2, 0.25) is 5.91 Å². The molecule has 0 heterocycles. The van der Waals surface area contributed by atoms with E-state index in [4.69, 9.17) is 0 Å². The molecule has 2 rings (SSSR count). The molecule has 9 heteroatoms. The topological polar surface area (TPSA) is 70.6 Å². The van der Waals surface area contributed by atoms with Gasteiger partial charge in [0.15, 0.2) is 0 Å². The zero-order chi connectivity index (χ0) is 20.0. The van der Waals surface area contributed by atoms with Crippen LogP contribution in [0.4, 0.5) is 23.2 Å². The Morgan fingerprint density at radius 2 is 1.78 bits per heavy atom. The van der Waals surface area contributed by atoms with Gasteiger partial charge in [0.05, 0.1) is 17.5 Å². The second kappa shape index (κ2) is 8.43. The molecule has 0 aliphatic carbocycles. The molecule has 0 aliphatic rings. The highest BCUT2D eigenvalue weighted by Crippen LogP contribution is 2.30. The number of anilines is 1. The predicted octanol–water partition coefficient (Wildman–Crippen LogP) is 3.98. The van der Waals surface area contributed by atoms with Crippen molar-refractivity contribution in [1.82, 2.24) is 5.43 Å². The van der Waals surface area contributed by atoms with E-state index in [1.54, 1.807) is 0 Å². The van der Waals surface area contributed by atoms with Crippen molar-refractivity contribution >= 4 is 23.2 Å². The fourth-order valence-corrected chi connectivity index (χ4v) is 2.10. The number of hydrogen-bond donors (Lipinski definition) is 2. The molecule has 0 radical (unpaired) electrons. The minimum absolute atomic E-state index is 0.0157. The summed E-state index contributed by atoms with van der Waals surface area (Å²) in [5.74, 6) is -2.12. The Morgan fingerprint density at radius 1 is 1.07 bits per heavy atom. The van der Waals surface area contributed by atoms with Crippen LogP contribution in [0.15, 0.2) is 53.6 Å². The molecule has 2 aromatic carbocycles. The largest absolute Gasteiger partial charge is 0.416 e. The highest BCUT2D eigenvalue weighted by Gasteiger charge is 2.30. The van der Waals surface area contributed by atoms with Crippen molar-refractivity contribution in [2.75, 3.05) is 5.32 Å². The van der Waals surface area contributed by atoms with Gasteiger partial charge in [0, 0.05) is 11.4 Å². The lowest BCUT2D eigenvalue weighted by Crippen LogP contribution is -2.22. The zero-order valence-corrected chi connectivity index (χ0v) is 14.1. The van der Waals surface area contributed by atoms with Gasteiger partial charge < -0.3 is 5.32 Å². The third-order valence-corrected chi connectivity index (χ3v) is 3.36. The monoisotopic (exact) mass is 381 g/mol. The highest BCUT2D eigenvalue weighted by atomic mass is 19.4. The molecule has 2 aromatic rings. The van der Waals surface area contributed by atoms with Crippen LogP contribution < -0.4 is 10.7 Å². The number of nitrogens with zero attached hydrogens (tertiary/aromatic N) is 1. The summed E-state index contributed by atoms with van der Waals surface area (Å²) < 4.78 is 51.5. The molecule has 0 aliphatic heterocycles. The summed E-state index contributed by atoms with van der Waals surface area (Å²) in [5.41, 5.74) is 1.19. The second-order valence-corrected chi connectivity index (χ2v) is 5.57. The van der Waals surface area contributed by atoms with E-state index in [9.17, 15) is 27.2 Å². The average molecular weight is 381 g/mol. The molecule has 0 saturated carbocycles. The Kier molecular flexibility index (Phi) is 6.27. The first-order chi connectivity index (χ1) is 12.7. The number of benzene rings is 2. The number of carbonyl (C=O) groups excluding carboxylic acids is 2. The molecule has 0 unspecified atom stereocenters. The van der Waals surface area contributed by atoms with Crippen LogP contribution in [0.25, 0.3) is 0 Å². The summed E-state index contributed by atoms with van der Waals surface area (Å²) in [7, 11) is 0. The van der Waals surface area contributed by atoms with Crippen molar-refractivity contribution in [3.05, 3.63) is 65.5 Å². The number of rotatable bonds is 5. The van der Waals surface area contributed by atoms with Crippen molar-refractivity contribution in [3.63, 3.8) is 0 Å². The van der Waals surface area contributed by atoms with Gasteiger partial charge in [-0.05, 0) is 37.3 Å². The van der Waals surface area contributed by atoms with Gasteiger partial charge in [-0.2, -0.15) is 18.3 Å². The van der Waals surface area contributed by atoms with E-state index in [1.165, 1.54) is 37.3 Å². The molecule has 5 nitrogen and oxygen atoms in total. The summed E-state index contributed by atoms with van der Waals surface area (Å²) in [5, 5.41) is 6.01. The van der Waals surface area contributed by atoms with E-state index >= 15 is 0 Å². The Labute approximate surface area is 152 Å². The molecule has 0 aromatic heterocycles. The number of alkyl halides is 3. The third kappa shape index (κ3) is 5.91. The Morgan fingerprint density at radius 3 is 2.44 bits per heavy atom. The molecular formula is C18H15F4N3O2. The standard InChI is InChI=1S/C18H15F4N3O2/c1-11(24-25-17(27)14-7-2-3-8-15(14)19)9-16(26)23-13-6-4-5-12(10-13)18(20,21)22/h2-8,10H,9H2,1H3,(H,23,26)(H,25,27)/b24-11-. The van der Waals surface area contributed by atoms with Crippen molar-refractivity contribution < 1.29 is 27.2 Å². The van der Waals surface area contributed by atoms with Crippen molar-refractivity contribution in [1.29, 1.82) is 0 Å². The van der Waals surface area contributed by atoms with Crippen LogP contribution in [0.1, 0.15) is 29.3 Å². The van der Waals surface area contributed by atoms with Crippen LogP contribution >= 0.6 is 0 Å². The molecule has 27 heavy (non-hydrogen) atoms. The number of nitrogens with one attached hydrogen (secondary N) is 2. The first kappa shape index (κ1) is 20.1. The van der Waals surface area contributed by atoms with Crippen LogP contribution in [0.5, 0.6) is 0 Å². The van der Waals surface area contributed by atoms with E-state index in [1.807, 2.05) is 0 Å².